The number of hydrogen-bond acceptors (Lipinski definition) is 3. The van der Waals surface area contributed by atoms with Gasteiger partial charge in [0, 0.05) is 0 Å². The standard InChI is InChI=1S/C21H43O.2H3N/c1-3-5-6-7-8-9-10-11-12-13-14-15-16-17-18-19-20-21(22)4-2;;/h21-22H,2-20H2,1H3;2*1H3. The lowest BCUT2D eigenvalue weighted by atomic mass is 10.0. The molecule has 0 aliphatic carbocycles. The van der Waals surface area contributed by atoms with Crippen molar-refractivity contribution < 1.29 is 5.11 Å². The number of aliphatic hydroxyl groups is 1. The van der Waals surface area contributed by atoms with Gasteiger partial charge in [0.2, 0.25) is 0 Å². The second-order valence-corrected chi connectivity index (χ2v) is 7.03. The summed E-state index contributed by atoms with van der Waals surface area (Å²) in [7, 11) is 0. The summed E-state index contributed by atoms with van der Waals surface area (Å²) in [6.07, 6.45) is 23.9. The summed E-state index contributed by atoms with van der Waals surface area (Å²) < 4.78 is 0. The maximum Gasteiger partial charge on any atom is 0.0540 e. The van der Waals surface area contributed by atoms with Crippen LogP contribution in [-0.4, -0.2) is 11.2 Å². The zero-order chi connectivity index (χ0) is 16.3. The largest absolute Gasteiger partial charge is 0.393 e. The van der Waals surface area contributed by atoms with Crippen molar-refractivity contribution in [1.29, 1.82) is 0 Å². The van der Waals surface area contributed by atoms with Gasteiger partial charge in [-0.05, 0) is 12.8 Å². The Balaban J connectivity index is -0.00000220. The Kier molecular flexibility index (Phi) is 30.0. The van der Waals surface area contributed by atoms with Gasteiger partial charge in [-0.15, -0.1) is 0 Å². The number of hydrogen-bond donors (Lipinski definition) is 3. The van der Waals surface area contributed by atoms with Crippen molar-refractivity contribution in [3.63, 3.8) is 0 Å². The Bertz CT molecular complexity index is 200. The van der Waals surface area contributed by atoms with Gasteiger partial charge >= 0.3 is 0 Å². The van der Waals surface area contributed by atoms with Crippen LogP contribution in [0.1, 0.15) is 122 Å². The van der Waals surface area contributed by atoms with E-state index in [0.29, 0.717) is 6.42 Å². The van der Waals surface area contributed by atoms with Crippen LogP contribution in [0.3, 0.4) is 0 Å². The van der Waals surface area contributed by atoms with E-state index in [-0.39, 0.29) is 18.4 Å². The van der Waals surface area contributed by atoms with Crippen LogP contribution in [0.5, 0.6) is 0 Å². The third-order valence-electron chi connectivity index (χ3n) is 4.72. The summed E-state index contributed by atoms with van der Waals surface area (Å²) in [4.78, 5) is 0. The lowest BCUT2D eigenvalue weighted by Crippen LogP contribution is -2.03. The van der Waals surface area contributed by atoms with E-state index >= 15 is 0 Å². The smallest absolute Gasteiger partial charge is 0.0540 e. The molecule has 0 aromatic rings. The molecule has 0 aromatic heterocycles. The third-order valence-corrected chi connectivity index (χ3v) is 4.72. The zero-order valence-corrected chi connectivity index (χ0v) is 16.9. The minimum Gasteiger partial charge on any atom is -0.393 e. The molecule has 0 spiro atoms. The maximum absolute atomic E-state index is 9.41. The molecule has 0 saturated heterocycles. The first-order valence-electron chi connectivity index (χ1n) is 10.3. The number of rotatable bonds is 18. The van der Waals surface area contributed by atoms with Gasteiger partial charge in [0.25, 0.3) is 0 Å². The van der Waals surface area contributed by atoms with Crippen LogP contribution >= 0.6 is 0 Å². The SMILES string of the molecule is N.N.[CH2]CC(O)CCCCCCCCCCCCCCCCCC. The topological polar surface area (TPSA) is 90.2 Å². The molecule has 0 heterocycles. The van der Waals surface area contributed by atoms with E-state index in [1.165, 1.54) is 103 Å². The van der Waals surface area contributed by atoms with Crippen LogP contribution in [0.4, 0.5) is 0 Å². The molecule has 0 amide bonds. The van der Waals surface area contributed by atoms with E-state index in [2.05, 4.69) is 13.8 Å². The molecule has 0 aromatic carbocycles. The van der Waals surface area contributed by atoms with Crippen LogP contribution < -0.4 is 12.3 Å². The van der Waals surface area contributed by atoms with Crippen LogP contribution in [0.2, 0.25) is 0 Å². The normalized spacial score (nSPS) is 11.6. The molecule has 1 unspecified atom stereocenters. The van der Waals surface area contributed by atoms with Gasteiger partial charge in [-0.2, -0.15) is 0 Å². The van der Waals surface area contributed by atoms with Crippen LogP contribution in [0.25, 0.3) is 0 Å². The highest BCUT2D eigenvalue weighted by molar-refractivity contribution is 4.57. The van der Waals surface area contributed by atoms with E-state index in [1.807, 2.05) is 0 Å². The molecule has 7 N–H and O–H groups in total. The minimum atomic E-state index is -0.161. The fourth-order valence-electron chi connectivity index (χ4n) is 3.07. The highest BCUT2D eigenvalue weighted by atomic mass is 16.3. The molecule has 1 radical (unpaired) electrons. The lowest BCUT2D eigenvalue weighted by Gasteiger charge is -2.06. The first kappa shape index (κ1) is 28.7. The minimum absolute atomic E-state index is 0. The molecule has 1 atom stereocenters. The lowest BCUT2D eigenvalue weighted by molar-refractivity contribution is 0.163. The van der Waals surface area contributed by atoms with E-state index < -0.39 is 0 Å². The van der Waals surface area contributed by atoms with Gasteiger partial charge < -0.3 is 17.4 Å². The predicted molar refractivity (Wildman–Crippen MR) is 110 cm³/mol. The van der Waals surface area contributed by atoms with Crippen molar-refractivity contribution in [3.8, 4) is 0 Å². The molecular formula is C21H49N2O. The van der Waals surface area contributed by atoms with Crippen molar-refractivity contribution in [1.82, 2.24) is 12.3 Å². The molecule has 0 rings (SSSR count). The highest BCUT2D eigenvalue weighted by Gasteiger charge is 1.99. The average molecular weight is 346 g/mol. The molecular weight excluding hydrogens is 296 g/mol. The van der Waals surface area contributed by atoms with Crippen molar-refractivity contribution in [3.05, 3.63) is 6.92 Å². The molecule has 0 aliphatic heterocycles. The third kappa shape index (κ3) is 24.1. The fraction of sp³-hybridized carbons (Fsp3) is 0.952. The van der Waals surface area contributed by atoms with Gasteiger partial charge in [0.05, 0.1) is 6.10 Å². The molecule has 0 saturated carbocycles. The molecule has 3 nitrogen and oxygen atoms in total. The Morgan fingerprint density at radius 1 is 0.583 bits per heavy atom. The predicted octanol–water partition coefficient (Wildman–Crippen LogP) is 7.55. The monoisotopic (exact) mass is 345 g/mol. The Morgan fingerprint density at radius 2 is 0.875 bits per heavy atom. The molecule has 24 heavy (non-hydrogen) atoms. The fourth-order valence-corrected chi connectivity index (χ4v) is 3.07. The van der Waals surface area contributed by atoms with Crippen molar-refractivity contribution >= 4 is 0 Å². The summed E-state index contributed by atoms with van der Waals surface area (Å²) in [5.41, 5.74) is 0. The van der Waals surface area contributed by atoms with Crippen molar-refractivity contribution in [2.75, 3.05) is 0 Å². The van der Waals surface area contributed by atoms with Gasteiger partial charge in [0.1, 0.15) is 0 Å². The van der Waals surface area contributed by atoms with Gasteiger partial charge in [-0.1, -0.05) is 117 Å². The Hall–Kier alpha value is -0.120. The molecule has 0 bridgehead atoms. The van der Waals surface area contributed by atoms with Gasteiger partial charge in [-0.25, -0.2) is 0 Å². The molecule has 3 heteroatoms. The van der Waals surface area contributed by atoms with E-state index in [0.717, 1.165) is 6.42 Å². The summed E-state index contributed by atoms with van der Waals surface area (Å²) in [5.74, 6) is 0. The van der Waals surface area contributed by atoms with E-state index in [4.69, 9.17) is 0 Å². The maximum atomic E-state index is 9.41. The zero-order valence-electron chi connectivity index (χ0n) is 16.9. The Morgan fingerprint density at radius 3 is 1.17 bits per heavy atom. The summed E-state index contributed by atoms with van der Waals surface area (Å²) in [6, 6.07) is 0. The number of aliphatic hydroxyl groups excluding tert-OH is 1. The molecule has 149 valence electrons. The molecule has 0 aliphatic rings. The van der Waals surface area contributed by atoms with Crippen LogP contribution in [-0.2, 0) is 0 Å². The molecule has 0 fully saturated rings. The second-order valence-electron chi connectivity index (χ2n) is 7.03. The summed E-state index contributed by atoms with van der Waals surface area (Å²) in [5, 5.41) is 9.41. The first-order chi connectivity index (χ1) is 10.8. The van der Waals surface area contributed by atoms with E-state index in [1.54, 1.807) is 0 Å². The van der Waals surface area contributed by atoms with Crippen LogP contribution in [0, 0.1) is 6.92 Å². The van der Waals surface area contributed by atoms with Gasteiger partial charge in [0.15, 0.2) is 0 Å². The highest BCUT2D eigenvalue weighted by Crippen LogP contribution is 2.14. The summed E-state index contributed by atoms with van der Waals surface area (Å²) in [6.45, 7) is 6.01. The average Bonchev–Trinajstić information content (AvgIpc) is 2.54. The first-order valence-corrected chi connectivity index (χ1v) is 10.3. The summed E-state index contributed by atoms with van der Waals surface area (Å²) >= 11 is 0. The number of unbranched alkanes of at least 4 members (excludes halogenated alkanes) is 15. The van der Waals surface area contributed by atoms with E-state index in [9.17, 15) is 5.11 Å². The van der Waals surface area contributed by atoms with Crippen molar-refractivity contribution in [2.45, 2.75) is 129 Å². The Labute approximate surface area is 153 Å². The van der Waals surface area contributed by atoms with Crippen LogP contribution in [0.15, 0.2) is 0 Å². The quantitative estimate of drug-likeness (QED) is 0.224. The second kappa shape index (κ2) is 25.1. The van der Waals surface area contributed by atoms with Crippen molar-refractivity contribution in [2.24, 2.45) is 0 Å². The van der Waals surface area contributed by atoms with Gasteiger partial charge in [-0.3, -0.25) is 0 Å².